The summed E-state index contributed by atoms with van der Waals surface area (Å²) in [5, 5.41) is 3.26. The Bertz CT molecular complexity index is 770. The lowest BCUT2D eigenvalue weighted by atomic mass is 9.49. The summed E-state index contributed by atoms with van der Waals surface area (Å²) in [6.45, 7) is 1.67. The summed E-state index contributed by atoms with van der Waals surface area (Å²) in [6.07, 6.45) is 8.73. The Kier molecular flexibility index (Phi) is 4.89. The van der Waals surface area contributed by atoms with Crippen LogP contribution in [0.15, 0.2) is 24.3 Å². The summed E-state index contributed by atoms with van der Waals surface area (Å²) in [5.74, 6) is 2.45. The van der Waals surface area contributed by atoms with Crippen LogP contribution in [0.2, 0.25) is 0 Å². The number of nitrogens with one attached hydrogen (secondary N) is 1. The van der Waals surface area contributed by atoms with Gasteiger partial charge in [0, 0.05) is 13.1 Å². The molecule has 156 valence electrons. The summed E-state index contributed by atoms with van der Waals surface area (Å²) < 4.78 is 5.03. The highest BCUT2D eigenvalue weighted by Gasteiger charge is 2.50. The lowest BCUT2D eigenvalue weighted by Crippen LogP contribution is -2.53. The van der Waals surface area contributed by atoms with Crippen LogP contribution in [-0.2, 0) is 27.3 Å². The number of fused-ring (bicyclic) bond motifs is 1. The fourth-order valence-corrected chi connectivity index (χ4v) is 7.14. The number of carbonyl (C=O) groups is 2. The minimum absolute atomic E-state index is 0.0361. The van der Waals surface area contributed by atoms with E-state index in [0.29, 0.717) is 18.4 Å². The van der Waals surface area contributed by atoms with Crippen LogP contribution < -0.4 is 5.32 Å². The number of nitrogens with zero attached hydrogens (tertiary/aromatic N) is 1. The van der Waals surface area contributed by atoms with Gasteiger partial charge in [-0.15, -0.1) is 0 Å². The van der Waals surface area contributed by atoms with Crippen molar-refractivity contribution in [3.05, 3.63) is 35.4 Å². The third-order valence-electron chi connectivity index (χ3n) is 7.99. The van der Waals surface area contributed by atoms with E-state index in [4.69, 9.17) is 4.74 Å². The first-order valence-electron chi connectivity index (χ1n) is 11.2. The Morgan fingerprint density at radius 3 is 2.31 bits per heavy atom. The molecule has 1 heterocycles. The van der Waals surface area contributed by atoms with Gasteiger partial charge in [-0.3, -0.25) is 14.5 Å². The molecular weight excluding hydrogens is 364 g/mol. The van der Waals surface area contributed by atoms with Crippen molar-refractivity contribution in [3.8, 4) is 0 Å². The Hall–Kier alpha value is -1.88. The average Bonchev–Trinajstić information content (AvgIpc) is 2.70. The van der Waals surface area contributed by atoms with Gasteiger partial charge in [0.1, 0.15) is 6.04 Å². The third-order valence-corrected chi connectivity index (χ3v) is 7.99. The van der Waals surface area contributed by atoms with Crippen LogP contribution in [-0.4, -0.2) is 43.0 Å². The molecule has 1 N–H and O–H groups in total. The smallest absolute Gasteiger partial charge is 0.323 e. The quantitative estimate of drug-likeness (QED) is 0.778. The zero-order valence-corrected chi connectivity index (χ0v) is 17.4. The minimum Gasteiger partial charge on any atom is -0.468 e. The van der Waals surface area contributed by atoms with E-state index in [9.17, 15) is 9.59 Å². The summed E-state index contributed by atoms with van der Waals surface area (Å²) in [4.78, 5) is 27.2. The molecule has 0 aromatic heterocycles. The molecule has 0 radical (unpaired) electrons. The first-order valence-corrected chi connectivity index (χ1v) is 11.2. The highest BCUT2D eigenvalue weighted by molar-refractivity contribution is 5.81. The van der Waals surface area contributed by atoms with Crippen LogP contribution in [0, 0.1) is 23.2 Å². The van der Waals surface area contributed by atoms with Crippen molar-refractivity contribution in [2.24, 2.45) is 23.2 Å². The Labute approximate surface area is 173 Å². The van der Waals surface area contributed by atoms with Gasteiger partial charge in [-0.25, -0.2) is 0 Å². The SMILES string of the molecule is COC(=O)[C@H]1Cc2ccccc2CN1CC(=O)NCC12CC3CC(CC(C3)C1)C2. The number of ether oxygens (including phenoxy) is 1. The number of benzene rings is 1. The second-order valence-corrected chi connectivity index (χ2v) is 10.1. The monoisotopic (exact) mass is 396 g/mol. The van der Waals surface area contributed by atoms with Crippen LogP contribution in [0.4, 0.5) is 0 Å². The second kappa shape index (κ2) is 7.42. The maximum absolute atomic E-state index is 12.9. The summed E-state index contributed by atoms with van der Waals surface area (Å²) in [7, 11) is 1.42. The summed E-state index contributed by atoms with van der Waals surface area (Å²) in [5.41, 5.74) is 2.70. The number of hydrogen-bond donors (Lipinski definition) is 1. The highest BCUT2D eigenvalue weighted by Crippen LogP contribution is 2.59. The molecule has 1 amide bonds. The van der Waals surface area contributed by atoms with Crippen molar-refractivity contribution in [3.63, 3.8) is 0 Å². The van der Waals surface area contributed by atoms with E-state index in [-0.39, 0.29) is 24.5 Å². The standard InChI is InChI=1S/C24H32N2O3/c1-29-23(28)21-9-19-4-2-3-5-20(19)13-26(21)14-22(27)25-15-24-10-16-6-17(11-24)8-18(7-16)12-24/h2-5,16-18,21H,6-15H2,1H3,(H,25,27)/t16?,17?,18?,21-,24?/m1/s1. The molecular formula is C24H32N2O3. The second-order valence-electron chi connectivity index (χ2n) is 10.1. The normalized spacial score (nSPS) is 35.2. The molecule has 1 aliphatic heterocycles. The van der Waals surface area contributed by atoms with Crippen molar-refractivity contribution in [1.29, 1.82) is 0 Å². The van der Waals surface area contributed by atoms with Crippen molar-refractivity contribution in [1.82, 2.24) is 10.2 Å². The largest absolute Gasteiger partial charge is 0.468 e. The van der Waals surface area contributed by atoms with Crippen molar-refractivity contribution in [2.75, 3.05) is 20.2 Å². The van der Waals surface area contributed by atoms with Gasteiger partial charge in [-0.2, -0.15) is 0 Å². The number of carbonyl (C=O) groups excluding carboxylic acids is 2. The summed E-state index contributed by atoms with van der Waals surface area (Å²) in [6, 6.07) is 7.78. The summed E-state index contributed by atoms with van der Waals surface area (Å²) >= 11 is 0. The average molecular weight is 397 g/mol. The molecule has 1 atom stereocenters. The van der Waals surface area contributed by atoms with Crippen LogP contribution in [0.1, 0.15) is 49.7 Å². The maximum atomic E-state index is 12.9. The number of methoxy groups -OCH3 is 1. The molecule has 4 aliphatic carbocycles. The topological polar surface area (TPSA) is 58.6 Å². The van der Waals surface area contributed by atoms with Gasteiger partial charge in [-0.1, -0.05) is 24.3 Å². The molecule has 4 saturated carbocycles. The number of amides is 1. The van der Waals surface area contributed by atoms with E-state index >= 15 is 0 Å². The zero-order chi connectivity index (χ0) is 20.0. The lowest BCUT2D eigenvalue weighted by molar-refractivity contribution is -0.148. The van der Waals surface area contributed by atoms with E-state index in [1.807, 2.05) is 17.0 Å². The van der Waals surface area contributed by atoms with Crippen LogP contribution in [0.3, 0.4) is 0 Å². The van der Waals surface area contributed by atoms with Crippen LogP contribution in [0.25, 0.3) is 0 Å². The van der Waals surface area contributed by atoms with Crippen molar-refractivity contribution < 1.29 is 14.3 Å². The first kappa shape index (κ1) is 19.1. The molecule has 5 aliphatic rings. The Morgan fingerprint density at radius 2 is 1.69 bits per heavy atom. The predicted molar refractivity (Wildman–Crippen MR) is 110 cm³/mol. The van der Waals surface area contributed by atoms with E-state index in [2.05, 4.69) is 17.4 Å². The highest BCUT2D eigenvalue weighted by atomic mass is 16.5. The number of hydrogen-bond acceptors (Lipinski definition) is 4. The van der Waals surface area contributed by atoms with Gasteiger partial charge in [-0.05, 0) is 79.2 Å². The molecule has 6 rings (SSSR count). The maximum Gasteiger partial charge on any atom is 0.323 e. The minimum atomic E-state index is -0.389. The van der Waals surface area contributed by atoms with E-state index in [0.717, 1.165) is 24.3 Å². The number of rotatable bonds is 5. The van der Waals surface area contributed by atoms with Gasteiger partial charge < -0.3 is 10.1 Å². The Balaban J connectivity index is 1.23. The molecule has 0 unspecified atom stereocenters. The molecule has 4 bridgehead atoms. The molecule has 1 aromatic rings. The molecule has 0 spiro atoms. The van der Waals surface area contributed by atoms with Gasteiger partial charge in [0.25, 0.3) is 0 Å². The fraction of sp³-hybridized carbons (Fsp3) is 0.667. The van der Waals surface area contributed by atoms with Crippen LogP contribution in [0.5, 0.6) is 0 Å². The fourth-order valence-electron chi connectivity index (χ4n) is 7.14. The molecule has 5 heteroatoms. The first-order chi connectivity index (χ1) is 14.0. The molecule has 29 heavy (non-hydrogen) atoms. The lowest BCUT2D eigenvalue weighted by Gasteiger charge is -2.57. The van der Waals surface area contributed by atoms with E-state index in [1.165, 1.54) is 56.8 Å². The van der Waals surface area contributed by atoms with Gasteiger partial charge >= 0.3 is 5.97 Å². The van der Waals surface area contributed by atoms with E-state index in [1.54, 1.807) is 0 Å². The molecule has 5 nitrogen and oxygen atoms in total. The van der Waals surface area contributed by atoms with Crippen molar-refractivity contribution in [2.45, 2.75) is 57.5 Å². The number of esters is 1. The predicted octanol–water partition coefficient (Wildman–Crippen LogP) is 2.92. The van der Waals surface area contributed by atoms with Crippen LogP contribution >= 0.6 is 0 Å². The molecule has 1 aromatic carbocycles. The van der Waals surface area contributed by atoms with E-state index < -0.39 is 0 Å². The van der Waals surface area contributed by atoms with Crippen molar-refractivity contribution >= 4 is 11.9 Å². The van der Waals surface area contributed by atoms with Gasteiger partial charge in [0.05, 0.1) is 13.7 Å². The van der Waals surface area contributed by atoms with Gasteiger partial charge in [0.15, 0.2) is 0 Å². The third kappa shape index (κ3) is 3.70. The Morgan fingerprint density at radius 1 is 1.07 bits per heavy atom. The molecule has 4 fully saturated rings. The molecule has 0 saturated heterocycles. The van der Waals surface area contributed by atoms with Gasteiger partial charge in [0.2, 0.25) is 5.91 Å². The zero-order valence-electron chi connectivity index (χ0n) is 17.4.